The van der Waals surface area contributed by atoms with Crippen molar-refractivity contribution in [1.29, 1.82) is 0 Å². The third kappa shape index (κ3) is 1.92. The summed E-state index contributed by atoms with van der Waals surface area (Å²) in [6.07, 6.45) is 1.58. The van der Waals surface area contributed by atoms with Gasteiger partial charge in [0.1, 0.15) is 0 Å². The molecule has 0 aromatic carbocycles. The Hall–Kier alpha value is -0.800. The van der Waals surface area contributed by atoms with Crippen LogP contribution in [0.1, 0.15) is 0 Å². The van der Waals surface area contributed by atoms with Crippen LogP contribution in [0.15, 0.2) is 12.3 Å². The van der Waals surface area contributed by atoms with Gasteiger partial charge in [-0.25, -0.2) is 4.98 Å². The Labute approximate surface area is 82.3 Å². The Morgan fingerprint density at radius 2 is 2.23 bits per heavy atom. The van der Waals surface area contributed by atoms with E-state index in [1.165, 1.54) is 0 Å². The lowest BCUT2D eigenvalue weighted by Crippen LogP contribution is -2.36. The second-order valence-corrected chi connectivity index (χ2v) is 3.20. The zero-order valence-electron chi connectivity index (χ0n) is 7.16. The molecule has 0 amide bonds. The fourth-order valence-electron chi connectivity index (χ4n) is 1.36. The van der Waals surface area contributed by atoms with Crippen LogP contribution in [0, 0.1) is 6.07 Å². The summed E-state index contributed by atoms with van der Waals surface area (Å²) in [5.41, 5.74) is 0.951. The van der Waals surface area contributed by atoms with Gasteiger partial charge in [0.2, 0.25) is 0 Å². The van der Waals surface area contributed by atoms with Crippen LogP contribution in [0.2, 0.25) is 5.15 Å². The summed E-state index contributed by atoms with van der Waals surface area (Å²) < 4.78 is 5.25. The van der Waals surface area contributed by atoms with Crippen LogP contribution in [0.3, 0.4) is 0 Å². The first kappa shape index (κ1) is 8.78. The Balaban J connectivity index is 2.18. The van der Waals surface area contributed by atoms with Gasteiger partial charge in [-0.3, -0.25) is 0 Å². The monoisotopic (exact) mass is 197 g/mol. The lowest BCUT2D eigenvalue weighted by Gasteiger charge is -2.28. The molecule has 13 heavy (non-hydrogen) atoms. The van der Waals surface area contributed by atoms with Crippen LogP contribution >= 0.6 is 11.6 Å². The molecule has 69 valence electrons. The molecule has 1 fully saturated rings. The van der Waals surface area contributed by atoms with E-state index >= 15 is 0 Å². The lowest BCUT2D eigenvalue weighted by atomic mass is 10.3. The minimum absolute atomic E-state index is 0.542. The highest BCUT2D eigenvalue weighted by atomic mass is 35.5. The van der Waals surface area contributed by atoms with Crippen LogP contribution in [-0.4, -0.2) is 31.3 Å². The molecule has 0 unspecified atom stereocenters. The number of aromatic nitrogens is 1. The second-order valence-electron chi connectivity index (χ2n) is 2.84. The quantitative estimate of drug-likeness (QED) is 0.636. The highest BCUT2D eigenvalue weighted by Crippen LogP contribution is 2.22. The van der Waals surface area contributed by atoms with E-state index in [1.807, 2.05) is 6.07 Å². The summed E-state index contributed by atoms with van der Waals surface area (Å²) in [5, 5.41) is 0.542. The van der Waals surface area contributed by atoms with Gasteiger partial charge in [0, 0.05) is 25.4 Å². The molecule has 4 heteroatoms. The van der Waals surface area contributed by atoms with Crippen molar-refractivity contribution < 1.29 is 4.74 Å². The third-order valence-electron chi connectivity index (χ3n) is 2.04. The molecule has 3 nitrogen and oxygen atoms in total. The summed E-state index contributed by atoms with van der Waals surface area (Å²) in [4.78, 5) is 6.14. The van der Waals surface area contributed by atoms with Gasteiger partial charge in [0.25, 0.3) is 0 Å². The van der Waals surface area contributed by atoms with Gasteiger partial charge in [-0.15, -0.1) is 0 Å². The molecular formula is C9H10ClN2O. The zero-order chi connectivity index (χ0) is 9.10. The van der Waals surface area contributed by atoms with Crippen molar-refractivity contribution in [2.75, 3.05) is 31.2 Å². The summed E-state index contributed by atoms with van der Waals surface area (Å²) in [6, 6.07) is 4.78. The van der Waals surface area contributed by atoms with Crippen LogP contribution in [0.5, 0.6) is 0 Å². The molecule has 0 atom stereocenters. The molecule has 1 aliphatic rings. The SMILES string of the molecule is Clc1nc[c]cc1N1CCOCC1. The maximum Gasteiger partial charge on any atom is 0.152 e. The van der Waals surface area contributed by atoms with Crippen molar-refractivity contribution in [1.82, 2.24) is 4.98 Å². The predicted molar refractivity (Wildman–Crippen MR) is 51.1 cm³/mol. The van der Waals surface area contributed by atoms with Gasteiger partial charge in [0.05, 0.1) is 18.9 Å². The maximum absolute atomic E-state index is 5.94. The Morgan fingerprint density at radius 1 is 1.46 bits per heavy atom. The summed E-state index contributed by atoms with van der Waals surface area (Å²) in [5.74, 6) is 0. The summed E-state index contributed by atoms with van der Waals surface area (Å²) >= 11 is 5.94. The molecule has 1 saturated heterocycles. The lowest BCUT2D eigenvalue weighted by molar-refractivity contribution is 0.122. The minimum Gasteiger partial charge on any atom is -0.378 e. The van der Waals surface area contributed by atoms with E-state index in [0.717, 1.165) is 32.0 Å². The normalized spacial score (nSPS) is 17.5. The largest absolute Gasteiger partial charge is 0.378 e. The first-order valence-electron chi connectivity index (χ1n) is 4.22. The molecule has 1 aromatic heterocycles. The van der Waals surface area contributed by atoms with E-state index in [1.54, 1.807) is 6.20 Å². The summed E-state index contributed by atoms with van der Waals surface area (Å²) in [6.45, 7) is 3.26. The molecule has 0 aliphatic carbocycles. The number of ether oxygens (including phenoxy) is 1. The average molecular weight is 198 g/mol. The minimum atomic E-state index is 0.542. The number of pyridine rings is 1. The zero-order valence-corrected chi connectivity index (χ0v) is 7.92. The first-order valence-corrected chi connectivity index (χ1v) is 4.60. The number of rotatable bonds is 1. The molecule has 1 radical (unpaired) electrons. The number of morpholine rings is 1. The van der Waals surface area contributed by atoms with Crippen LogP contribution < -0.4 is 4.90 Å². The third-order valence-corrected chi connectivity index (χ3v) is 2.33. The molecule has 1 aliphatic heterocycles. The predicted octanol–water partition coefficient (Wildman–Crippen LogP) is 1.37. The van der Waals surface area contributed by atoms with Gasteiger partial charge in [-0.1, -0.05) is 11.6 Å². The van der Waals surface area contributed by atoms with Crippen molar-refractivity contribution in [3.8, 4) is 0 Å². The van der Waals surface area contributed by atoms with Crippen LogP contribution in [0.4, 0.5) is 5.69 Å². The Kier molecular flexibility index (Phi) is 2.66. The van der Waals surface area contributed by atoms with Crippen molar-refractivity contribution >= 4 is 17.3 Å². The van der Waals surface area contributed by atoms with Crippen molar-refractivity contribution in [2.24, 2.45) is 0 Å². The molecule has 0 saturated carbocycles. The van der Waals surface area contributed by atoms with Gasteiger partial charge in [-0.05, 0) is 6.07 Å². The molecular weight excluding hydrogens is 188 g/mol. The fraction of sp³-hybridized carbons (Fsp3) is 0.444. The molecule has 2 rings (SSSR count). The number of hydrogen-bond donors (Lipinski definition) is 0. The first-order chi connectivity index (χ1) is 6.38. The Bertz CT molecular complexity index is 287. The van der Waals surface area contributed by atoms with Crippen LogP contribution in [0.25, 0.3) is 0 Å². The van der Waals surface area contributed by atoms with E-state index in [2.05, 4.69) is 16.0 Å². The van der Waals surface area contributed by atoms with E-state index < -0.39 is 0 Å². The van der Waals surface area contributed by atoms with E-state index in [0.29, 0.717) is 5.15 Å². The fourth-order valence-corrected chi connectivity index (χ4v) is 1.58. The number of nitrogens with zero attached hydrogens (tertiary/aromatic N) is 2. The average Bonchev–Trinajstić information content (AvgIpc) is 2.20. The van der Waals surface area contributed by atoms with Crippen molar-refractivity contribution in [3.63, 3.8) is 0 Å². The smallest absolute Gasteiger partial charge is 0.152 e. The standard InChI is InChI=1S/C9H10ClN2O/c10-9-8(2-1-3-11-9)12-4-6-13-7-5-12/h2-3H,4-7H2. The van der Waals surface area contributed by atoms with Crippen LogP contribution in [-0.2, 0) is 4.74 Å². The topological polar surface area (TPSA) is 25.4 Å². The van der Waals surface area contributed by atoms with Gasteiger partial charge < -0.3 is 9.64 Å². The van der Waals surface area contributed by atoms with Gasteiger partial charge in [-0.2, -0.15) is 0 Å². The number of hydrogen-bond acceptors (Lipinski definition) is 3. The molecule has 0 bridgehead atoms. The highest BCUT2D eigenvalue weighted by Gasteiger charge is 2.13. The van der Waals surface area contributed by atoms with E-state index in [-0.39, 0.29) is 0 Å². The molecule has 0 N–H and O–H groups in total. The number of halogens is 1. The molecule has 0 spiro atoms. The number of anilines is 1. The maximum atomic E-state index is 5.94. The van der Waals surface area contributed by atoms with Gasteiger partial charge >= 0.3 is 0 Å². The molecule has 2 heterocycles. The van der Waals surface area contributed by atoms with Gasteiger partial charge in [0.15, 0.2) is 5.15 Å². The highest BCUT2D eigenvalue weighted by molar-refractivity contribution is 6.32. The van der Waals surface area contributed by atoms with Crippen molar-refractivity contribution in [3.05, 3.63) is 23.5 Å². The second kappa shape index (κ2) is 3.94. The van der Waals surface area contributed by atoms with Crippen molar-refractivity contribution in [2.45, 2.75) is 0 Å². The summed E-state index contributed by atoms with van der Waals surface area (Å²) in [7, 11) is 0. The molecule has 1 aromatic rings. The Morgan fingerprint density at radius 3 is 2.92 bits per heavy atom. The van der Waals surface area contributed by atoms with E-state index in [4.69, 9.17) is 16.3 Å². The van der Waals surface area contributed by atoms with E-state index in [9.17, 15) is 0 Å².